The normalized spacial score (nSPS) is 22.8. The topological polar surface area (TPSA) is 12.0 Å². The molecule has 2 saturated carbocycles. The molecule has 0 aromatic heterocycles. The lowest BCUT2D eigenvalue weighted by molar-refractivity contribution is 0.188. The molecule has 2 aliphatic carbocycles. The van der Waals surface area contributed by atoms with Crippen LogP contribution in [0, 0.1) is 12.3 Å². The monoisotopic (exact) mass is 321 g/mol. The van der Waals surface area contributed by atoms with Gasteiger partial charge in [-0.15, -0.1) is 0 Å². The van der Waals surface area contributed by atoms with Crippen molar-refractivity contribution in [1.29, 1.82) is 0 Å². The smallest absolute Gasteiger partial charge is 0.0372 e. The number of benzene rings is 1. The average Bonchev–Trinajstić information content (AvgIpc) is 2.84. The van der Waals surface area contributed by atoms with Crippen LogP contribution in [0.2, 0.25) is 0 Å². The van der Waals surface area contributed by atoms with Gasteiger partial charge in [0.1, 0.15) is 0 Å². The van der Waals surface area contributed by atoms with Gasteiger partial charge in [-0.3, -0.25) is 0 Å². The quantitative estimate of drug-likeness (QED) is 0.739. The molecule has 0 amide bonds. The molecule has 0 aliphatic heterocycles. The summed E-state index contributed by atoms with van der Waals surface area (Å²) in [7, 11) is 0. The van der Waals surface area contributed by atoms with E-state index in [1.807, 2.05) is 0 Å². The van der Waals surface area contributed by atoms with Gasteiger partial charge in [0.05, 0.1) is 0 Å². The van der Waals surface area contributed by atoms with Crippen LogP contribution in [0.5, 0.6) is 0 Å². The average molecular weight is 322 g/mol. The molecule has 0 atom stereocenters. The third kappa shape index (κ3) is 2.99. The van der Waals surface area contributed by atoms with Crippen LogP contribution in [0.3, 0.4) is 0 Å². The minimum Gasteiger partial charge on any atom is -0.382 e. The molecule has 2 fully saturated rings. The van der Waals surface area contributed by atoms with E-state index in [-0.39, 0.29) is 0 Å². The van der Waals surface area contributed by atoms with Gasteiger partial charge in [-0.2, -0.15) is 0 Å². The van der Waals surface area contributed by atoms with Gasteiger partial charge in [-0.1, -0.05) is 28.8 Å². The van der Waals surface area contributed by atoms with Crippen molar-refractivity contribution in [3.63, 3.8) is 0 Å². The highest BCUT2D eigenvalue weighted by Crippen LogP contribution is 2.49. The maximum Gasteiger partial charge on any atom is 0.0372 e. The Bertz CT molecular complexity index is 439. The highest BCUT2D eigenvalue weighted by molar-refractivity contribution is 9.10. The van der Waals surface area contributed by atoms with Gasteiger partial charge in [0.15, 0.2) is 0 Å². The van der Waals surface area contributed by atoms with Crippen LogP contribution < -0.4 is 5.32 Å². The summed E-state index contributed by atoms with van der Waals surface area (Å²) in [6, 6.07) is 7.23. The van der Waals surface area contributed by atoms with E-state index in [1.54, 1.807) is 0 Å². The first-order valence-corrected chi connectivity index (χ1v) is 8.49. The van der Waals surface area contributed by atoms with Crippen molar-refractivity contribution in [3.8, 4) is 0 Å². The second kappa shape index (κ2) is 5.47. The largest absolute Gasteiger partial charge is 0.382 e. The summed E-state index contributed by atoms with van der Waals surface area (Å²) in [5.74, 6) is 0. The number of halogens is 1. The molecule has 3 rings (SSSR count). The summed E-state index contributed by atoms with van der Waals surface area (Å²) < 4.78 is 1.17. The minimum absolute atomic E-state index is 0.686. The maximum absolute atomic E-state index is 3.76. The van der Waals surface area contributed by atoms with E-state index in [0.717, 1.165) is 5.41 Å². The Kier molecular flexibility index (Phi) is 3.88. The fourth-order valence-electron chi connectivity index (χ4n) is 4.01. The molecule has 1 aromatic carbocycles. The van der Waals surface area contributed by atoms with Crippen molar-refractivity contribution in [3.05, 3.63) is 28.2 Å². The highest BCUT2D eigenvalue weighted by atomic mass is 79.9. The second-order valence-corrected chi connectivity index (χ2v) is 7.50. The van der Waals surface area contributed by atoms with E-state index < -0.39 is 0 Å². The summed E-state index contributed by atoms with van der Waals surface area (Å²) >= 11 is 3.53. The molecule has 1 spiro atoms. The van der Waals surface area contributed by atoms with Crippen molar-refractivity contribution < 1.29 is 0 Å². The summed E-state index contributed by atoms with van der Waals surface area (Å²) in [5, 5.41) is 3.76. The van der Waals surface area contributed by atoms with E-state index in [2.05, 4.69) is 46.4 Å². The Morgan fingerprint density at radius 2 is 1.79 bits per heavy atom. The Morgan fingerprint density at radius 1 is 1.11 bits per heavy atom. The van der Waals surface area contributed by atoms with Crippen molar-refractivity contribution in [1.82, 2.24) is 0 Å². The number of hydrogen-bond donors (Lipinski definition) is 1. The minimum atomic E-state index is 0.686. The van der Waals surface area contributed by atoms with Crippen LogP contribution in [0.1, 0.15) is 56.9 Å². The molecular formula is C17H24BrN. The van der Waals surface area contributed by atoms with Crippen LogP contribution in [-0.4, -0.2) is 6.04 Å². The first-order chi connectivity index (χ1) is 9.17. The summed E-state index contributed by atoms with van der Waals surface area (Å²) in [6.45, 7) is 2.19. The Labute approximate surface area is 125 Å². The molecule has 104 valence electrons. The van der Waals surface area contributed by atoms with E-state index in [4.69, 9.17) is 0 Å². The van der Waals surface area contributed by atoms with Crippen molar-refractivity contribution in [2.75, 3.05) is 5.32 Å². The third-order valence-corrected chi connectivity index (χ3v) is 5.75. The lowest BCUT2D eigenvalue weighted by atomic mass is 9.71. The van der Waals surface area contributed by atoms with Gasteiger partial charge in [0.25, 0.3) is 0 Å². The van der Waals surface area contributed by atoms with E-state index in [0.29, 0.717) is 6.04 Å². The van der Waals surface area contributed by atoms with Crippen LogP contribution in [0.15, 0.2) is 22.7 Å². The van der Waals surface area contributed by atoms with Gasteiger partial charge in [0.2, 0.25) is 0 Å². The Hall–Kier alpha value is -0.500. The molecule has 0 heterocycles. The molecule has 1 nitrogen and oxygen atoms in total. The van der Waals surface area contributed by atoms with Gasteiger partial charge in [0, 0.05) is 16.2 Å². The molecule has 0 bridgehead atoms. The number of nitrogens with one attached hydrogen (secondary N) is 1. The summed E-state index contributed by atoms with van der Waals surface area (Å²) in [4.78, 5) is 0. The zero-order valence-corrected chi connectivity index (χ0v) is 13.4. The zero-order chi connectivity index (χ0) is 13.3. The standard InChI is InChI=1S/C17H24BrN/c1-13-12-14(18)4-5-16(13)19-15-6-10-17(11-7-15)8-2-3-9-17/h4-5,12,15,19H,2-3,6-11H2,1H3. The van der Waals surface area contributed by atoms with Gasteiger partial charge < -0.3 is 5.32 Å². The fourth-order valence-corrected chi connectivity index (χ4v) is 4.48. The van der Waals surface area contributed by atoms with E-state index in [9.17, 15) is 0 Å². The highest BCUT2D eigenvalue weighted by Gasteiger charge is 2.37. The lowest BCUT2D eigenvalue weighted by Crippen LogP contribution is -2.31. The van der Waals surface area contributed by atoms with Gasteiger partial charge in [-0.05, 0) is 74.6 Å². The molecule has 19 heavy (non-hydrogen) atoms. The Balaban J connectivity index is 1.60. The second-order valence-electron chi connectivity index (χ2n) is 6.58. The van der Waals surface area contributed by atoms with Crippen molar-refractivity contribution >= 4 is 21.6 Å². The number of hydrogen-bond acceptors (Lipinski definition) is 1. The van der Waals surface area contributed by atoms with E-state index in [1.165, 1.54) is 67.1 Å². The number of aryl methyl sites for hydroxylation is 1. The third-order valence-electron chi connectivity index (χ3n) is 5.26. The van der Waals surface area contributed by atoms with Crippen molar-refractivity contribution in [2.24, 2.45) is 5.41 Å². The zero-order valence-electron chi connectivity index (χ0n) is 11.8. The predicted octanol–water partition coefficient (Wildman–Crippen LogP) is 5.67. The molecule has 2 aliphatic rings. The first-order valence-electron chi connectivity index (χ1n) is 7.70. The maximum atomic E-state index is 3.76. The van der Waals surface area contributed by atoms with Crippen LogP contribution in [0.4, 0.5) is 5.69 Å². The SMILES string of the molecule is Cc1cc(Br)ccc1NC1CCC2(CCCC2)CC1. The number of anilines is 1. The fraction of sp³-hybridized carbons (Fsp3) is 0.647. The summed E-state index contributed by atoms with van der Waals surface area (Å²) in [6.07, 6.45) is 11.5. The van der Waals surface area contributed by atoms with Gasteiger partial charge in [-0.25, -0.2) is 0 Å². The Morgan fingerprint density at radius 3 is 2.42 bits per heavy atom. The van der Waals surface area contributed by atoms with Crippen molar-refractivity contribution in [2.45, 2.75) is 64.3 Å². The number of rotatable bonds is 2. The molecule has 1 N–H and O–H groups in total. The first kappa shape index (κ1) is 13.5. The predicted molar refractivity (Wildman–Crippen MR) is 85.7 cm³/mol. The molecule has 1 aromatic rings. The molecule has 2 heteroatoms. The van der Waals surface area contributed by atoms with Crippen LogP contribution in [0.25, 0.3) is 0 Å². The van der Waals surface area contributed by atoms with E-state index >= 15 is 0 Å². The lowest BCUT2D eigenvalue weighted by Gasteiger charge is -2.38. The molecule has 0 unspecified atom stereocenters. The van der Waals surface area contributed by atoms with Crippen LogP contribution >= 0.6 is 15.9 Å². The molecule has 0 radical (unpaired) electrons. The van der Waals surface area contributed by atoms with Gasteiger partial charge >= 0.3 is 0 Å². The molecular weight excluding hydrogens is 298 g/mol. The van der Waals surface area contributed by atoms with Crippen LogP contribution in [-0.2, 0) is 0 Å². The molecule has 0 saturated heterocycles. The summed E-state index contributed by atoms with van der Waals surface area (Å²) in [5.41, 5.74) is 3.40.